The van der Waals surface area contributed by atoms with Crippen molar-refractivity contribution in [3.63, 3.8) is 0 Å². The number of ether oxygens (including phenoxy) is 1. The molecule has 76 valence electrons. The summed E-state index contributed by atoms with van der Waals surface area (Å²) in [5, 5.41) is 0. The first-order valence-corrected chi connectivity index (χ1v) is 5.47. The fourth-order valence-corrected chi connectivity index (χ4v) is 1.40. The minimum atomic E-state index is -0.418. The van der Waals surface area contributed by atoms with Crippen LogP contribution in [0.25, 0.3) is 0 Å². The van der Waals surface area contributed by atoms with Gasteiger partial charge >= 0.3 is 0 Å². The van der Waals surface area contributed by atoms with Crippen LogP contribution in [0.4, 0.5) is 0 Å². The van der Waals surface area contributed by atoms with E-state index in [2.05, 4.69) is 22.6 Å². The summed E-state index contributed by atoms with van der Waals surface area (Å²) in [6.45, 7) is 4.13. The van der Waals surface area contributed by atoms with Crippen LogP contribution in [0.2, 0.25) is 0 Å². The molecule has 1 rings (SSSR count). The van der Waals surface area contributed by atoms with Crippen molar-refractivity contribution in [3.8, 4) is 5.75 Å². The number of hydrogen-bond acceptors (Lipinski definition) is 2. The molecule has 0 atom stereocenters. The average molecular weight is 304 g/mol. The summed E-state index contributed by atoms with van der Waals surface area (Å²) in [6, 6.07) is 7.76. The third-order valence-electron chi connectivity index (χ3n) is 1.76. The molecule has 0 aliphatic heterocycles. The highest BCUT2D eigenvalue weighted by Crippen LogP contribution is 2.22. The van der Waals surface area contributed by atoms with Gasteiger partial charge in [-0.05, 0) is 48.6 Å². The molecule has 0 aromatic heterocycles. The number of hydrogen-bond donors (Lipinski definition) is 0. The summed E-state index contributed by atoms with van der Waals surface area (Å²) in [7, 11) is 0. The Morgan fingerprint density at radius 2 is 2.07 bits per heavy atom. The number of rotatable bonds is 4. The number of carbonyl (C=O) groups excluding carboxylic acids is 1. The Morgan fingerprint density at radius 1 is 1.43 bits per heavy atom. The second-order valence-electron chi connectivity index (χ2n) is 3.83. The Kier molecular flexibility index (Phi) is 3.92. The summed E-state index contributed by atoms with van der Waals surface area (Å²) in [6.07, 6.45) is 0.919. The Hall–Kier alpha value is -0.580. The van der Waals surface area contributed by atoms with E-state index in [0.29, 0.717) is 6.61 Å². The van der Waals surface area contributed by atoms with Crippen LogP contribution >= 0.6 is 22.6 Å². The van der Waals surface area contributed by atoms with Gasteiger partial charge in [0.1, 0.15) is 12.0 Å². The van der Waals surface area contributed by atoms with Crippen molar-refractivity contribution in [1.82, 2.24) is 0 Å². The zero-order valence-electron chi connectivity index (χ0n) is 8.29. The molecule has 14 heavy (non-hydrogen) atoms. The fourth-order valence-electron chi connectivity index (χ4n) is 0.860. The molecule has 0 spiro atoms. The van der Waals surface area contributed by atoms with Crippen LogP contribution in [0, 0.1) is 8.99 Å². The Bertz CT molecular complexity index is 321. The predicted molar refractivity (Wildman–Crippen MR) is 64.5 cm³/mol. The average Bonchev–Trinajstić information content (AvgIpc) is 2.17. The first-order chi connectivity index (χ1) is 6.55. The van der Waals surface area contributed by atoms with Crippen molar-refractivity contribution in [2.24, 2.45) is 5.41 Å². The van der Waals surface area contributed by atoms with E-state index in [0.717, 1.165) is 15.6 Å². The summed E-state index contributed by atoms with van der Waals surface area (Å²) in [5.41, 5.74) is -0.418. The number of carbonyl (C=O) groups is 1. The lowest BCUT2D eigenvalue weighted by Crippen LogP contribution is -2.22. The molecule has 0 heterocycles. The van der Waals surface area contributed by atoms with Gasteiger partial charge in [-0.1, -0.05) is 12.1 Å². The van der Waals surface area contributed by atoms with Gasteiger partial charge in [-0.3, -0.25) is 0 Å². The fraction of sp³-hybridized carbons (Fsp3) is 0.364. The molecule has 1 aromatic rings. The van der Waals surface area contributed by atoms with Crippen molar-refractivity contribution >= 4 is 28.9 Å². The van der Waals surface area contributed by atoms with E-state index in [1.165, 1.54) is 0 Å². The zero-order valence-corrected chi connectivity index (χ0v) is 10.4. The lowest BCUT2D eigenvalue weighted by Gasteiger charge is -2.17. The topological polar surface area (TPSA) is 26.3 Å². The van der Waals surface area contributed by atoms with Gasteiger partial charge < -0.3 is 9.53 Å². The molecule has 0 unspecified atom stereocenters. The van der Waals surface area contributed by atoms with Crippen molar-refractivity contribution in [3.05, 3.63) is 27.8 Å². The first kappa shape index (κ1) is 11.5. The number of halogens is 1. The lowest BCUT2D eigenvalue weighted by molar-refractivity contribution is -0.116. The van der Waals surface area contributed by atoms with Crippen LogP contribution in [-0.2, 0) is 4.79 Å². The monoisotopic (exact) mass is 304 g/mol. The Morgan fingerprint density at radius 3 is 2.64 bits per heavy atom. The van der Waals surface area contributed by atoms with E-state index in [4.69, 9.17) is 4.74 Å². The van der Waals surface area contributed by atoms with Gasteiger partial charge in [0.05, 0.1) is 15.6 Å². The smallest absolute Gasteiger partial charge is 0.132 e. The van der Waals surface area contributed by atoms with Gasteiger partial charge in [0.2, 0.25) is 0 Å². The normalized spacial score (nSPS) is 11.1. The van der Waals surface area contributed by atoms with E-state index < -0.39 is 5.41 Å². The minimum Gasteiger partial charge on any atom is -0.491 e. The van der Waals surface area contributed by atoms with Gasteiger partial charge in [0.15, 0.2) is 0 Å². The maximum absolute atomic E-state index is 10.7. The summed E-state index contributed by atoms with van der Waals surface area (Å²) in [5.74, 6) is 0.836. The molecule has 0 bridgehead atoms. The summed E-state index contributed by atoms with van der Waals surface area (Å²) < 4.78 is 6.62. The molecular weight excluding hydrogens is 291 g/mol. The minimum absolute atomic E-state index is 0.413. The molecule has 1 aromatic carbocycles. The molecule has 0 amide bonds. The third kappa shape index (κ3) is 3.29. The van der Waals surface area contributed by atoms with Crippen LogP contribution in [0.15, 0.2) is 24.3 Å². The van der Waals surface area contributed by atoms with Gasteiger partial charge in [-0.15, -0.1) is 0 Å². The Labute approximate surface area is 97.8 Å². The zero-order chi connectivity index (χ0) is 10.6. The highest BCUT2D eigenvalue weighted by Gasteiger charge is 2.17. The van der Waals surface area contributed by atoms with Gasteiger partial charge in [0.25, 0.3) is 0 Å². The lowest BCUT2D eigenvalue weighted by atomic mass is 9.98. The van der Waals surface area contributed by atoms with Crippen molar-refractivity contribution < 1.29 is 9.53 Å². The molecule has 0 saturated heterocycles. The van der Waals surface area contributed by atoms with E-state index in [-0.39, 0.29) is 0 Å². The SMILES string of the molecule is CC(C)(C=O)COc1ccccc1I. The second kappa shape index (κ2) is 4.77. The van der Waals surface area contributed by atoms with Crippen LogP contribution in [0.3, 0.4) is 0 Å². The van der Waals surface area contributed by atoms with Crippen molar-refractivity contribution in [2.75, 3.05) is 6.61 Å². The molecule has 2 nitrogen and oxygen atoms in total. The maximum Gasteiger partial charge on any atom is 0.132 e. The van der Waals surface area contributed by atoms with E-state index in [9.17, 15) is 4.79 Å². The highest BCUT2D eigenvalue weighted by molar-refractivity contribution is 14.1. The van der Waals surface area contributed by atoms with E-state index in [1.54, 1.807) is 0 Å². The van der Waals surface area contributed by atoms with Crippen molar-refractivity contribution in [1.29, 1.82) is 0 Å². The molecule has 0 saturated carbocycles. The van der Waals surface area contributed by atoms with Gasteiger partial charge in [-0.25, -0.2) is 0 Å². The van der Waals surface area contributed by atoms with E-state index >= 15 is 0 Å². The number of benzene rings is 1. The van der Waals surface area contributed by atoms with Crippen LogP contribution in [0.1, 0.15) is 13.8 Å². The largest absolute Gasteiger partial charge is 0.491 e. The second-order valence-corrected chi connectivity index (χ2v) is 4.99. The highest BCUT2D eigenvalue weighted by atomic mass is 127. The molecule has 0 N–H and O–H groups in total. The molecule has 3 heteroatoms. The first-order valence-electron chi connectivity index (χ1n) is 4.39. The summed E-state index contributed by atoms with van der Waals surface area (Å²) in [4.78, 5) is 10.7. The third-order valence-corrected chi connectivity index (χ3v) is 2.65. The summed E-state index contributed by atoms with van der Waals surface area (Å²) >= 11 is 2.21. The predicted octanol–water partition coefficient (Wildman–Crippen LogP) is 2.90. The van der Waals surface area contributed by atoms with E-state index in [1.807, 2.05) is 38.1 Å². The molecule has 0 aliphatic rings. The molecule has 0 aliphatic carbocycles. The van der Waals surface area contributed by atoms with Crippen LogP contribution in [-0.4, -0.2) is 12.9 Å². The van der Waals surface area contributed by atoms with Crippen molar-refractivity contribution in [2.45, 2.75) is 13.8 Å². The number of para-hydroxylation sites is 1. The molecule has 0 fully saturated rings. The van der Waals surface area contributed by atoms with Crippen LogP contribution in [0.5, 0.6) is 5.75 Å². The van der Waals surface area contributed by atoms with Gasteiger partial charge in [-0.2, -0.15) is 0 Å². The van der Waals surface area contributed by atoms with Crippen LogP contribution < -0.4 is 4.74 Å². The number of aldehydes is 1. The van der Waals surface area contributed by atoms with Gasteiger partial charge in [0, 0.05) is 0 Å². The molecule has 0 radical (unpaired) electrons. The molecular formula is C11H13IO2. The standard InChI is InChI=1S/C11H13IO2/c1-11(2,7-13)8-14-10-6-4-3-5-9(10)12/h3-7H,8H2,1-2H3. The Balaban J connectivity index is 2.62. The maximum atomic E-state index is 10.7. The quantitative estimate of drug-likeness (QED) is 0.631.